The number of anilines is 1. The van der Waals surface area contributed by atoms with Gasteiger partial charge in [-0.05, 0) is 42.8 Å². The van der Waals surface area contributed by atoms with Gasteiger partial charge in [0, 0.05) is 16.6 Å². The molecular formula is C20H19N3O. The third kappa shape index (κ3) is 3.16. The molecule has 24 heavy (non-hydrogen) atoms. The molecule has 1 heterocycles. The molecule has 0 amide bonds. The molecule has 0 radical (unpaired) electrons. The Hall–Kier alpha value is -3.06. The van der Waals surface area contributed by atoms with E-state index in [1.807, 2.05) is 36.4 Å². The number of nitrogens with zero attached hydrogens (tertiary/aromatic N) is 2. The maximum Gasteiger partial charge on any atom is 0.128 e. The van der Waals surface area contributed by atoms with Crippen molar-refractivity contribution >= 4 is 16.6 Å². The molecule has 3 rings (SSSR count). The van der Waals surface area contributed by atoms with Crippen LogP contribution in [0, 0.1) is 11.3 Å². The molecule has 0 aliphatic heterocycles. The van der Waals surface area contributed by atoms with Gasteiger partial charge in [-0.3, -0.25) is 0 Å². The van der Waals surface area contributed by atoms with Crippen LogP contribution in [0.15, 0.2) is 48.5 Å². The number of para-hydroxylation sites is 1. The highest BCUT2D eigenvalue weighted by molar-refractivity contribution is 5.93. The number of nitrogens with two attached hydrogens (primary N) is 1. The van der Waals surface area contributed by atoms with Crippen molar-refractivity contribution in [3.63, 3.8) is 0 Å². The van der Waals surface area contributed by atoms with Gasteiger partial charge in [0.25, 0.3) is 0 Å². The molecule has 0 unspecified atom stereocenters. The van der Waals surface area contributed by atoms with Gasteiger partial charge in [-0.1, -0.05) is 25.5 Å². The van der Waals surface area contributed by atoms with Gasteiger partial charge in [0.05, 0.1) is 29.5 Å². The molecule has 0 saturated heterocycles. The van der Waals surface area contributed by atoms with E-state index in [2.05, 4.69) is 13.0 Å². The largest absolute Gasteiger partial charge is 0.493 e. The second-order valence-corrected chi connectivity index (χ2v) is 5.64. The van der Waals surface area contributed by atoms with Gasteiger partial charge in [0.15, 0.2) is 0 Å². The molecule has 0 bridgehead atoms. The predicted octanol–water partition coefficient (Wildman–Crippen LogP) is 4.53. The minimum atomic E-state index is 0.576. The summed E-state index contributed by atoms with van der Waals surface area (Å²) in [5.41, 5.74) is 9.85. The highest BCUT2D eigenvalue weighted by Crippen LogP contribution is 2.32. The van der Waals surface area contributed by atoms with E-state index in [9.17, 15) is 0 Å². The van der Waals surface area contributed by atoms with Crippen LogP contribution in [0.3, 0.4) is 0 Å². The van der Waals surface area contributed by atoms with Crippen molar-refractivity contribution in [2.75, 3.05) is 12.3 Å². The molecule has 120 valence electrons. The number of hydrogen-bond acceptors (Lipinski definition) is 4. The summed E-state index contributed by atoms with van der Waals surface area (Å²) >= 11 is 0. The first-order chi connectivity index (χ1) is 11.7. The molecule has 0 aliphatic carbocycles. The molecule has 4 heteroatoms. The molecular weight excluding hydrogens is 298 g/mol. The van der Waals surface area contributed by atoms with E-state index in [4.69, 9.17) is 20.7 Å². The minimum absolute atomic E-state index is 0.576. The average Bonchev–Trinajstić information content (AvgIpc) is 2.62. The number of unbranched alkanes of at least 4 members (excludes halogenated alkanes) is 1. The number of aromatic nitrogens is 1. The Balaban J connectivity index is 2.06. The molecule has 2 N–H and O–H groups in total. The van der Waals surface area contributed by atoms with Gasteiger partial charge in [-0.15, -0.1) is 0 Å². The van der Waals surface area contributed by atoms with Crippen molar-refractivity contribution in [2.24, 2.45) is 0 Å². The fourth-order valence-corrected chi connectivity index (χ4v) is 2.59. The van der Waals surface area contributed by atoms with Crippen molar-refractivity contribution in [1.29, 1.82) is 5.26 Å². The fourth-order valence-electron chi connectivity index (χ4n) is 2.59. The Morgan fingerprint density at radius 3 is 2.79 bits per heavy atom. The number of ether oxygens (including phenoxy) is 1. The number of nitriles is 1. The number of pyridine rings is 1. The van der Waals surface area contributed by atoms with Crippen LogP contribution >= 0.6 is 0 Å². The van der Waals surface area contributed by atoms with Crippen molar-refractivity contribution in [3.8, 4) is 23.1 Å². The van der Waals surface area contributed by atoms with Crippen LogP contribution < -0.4 is 10.5 Å². The first-order valence-electron chi connectivity index (χ1n) is 8.05. The summed E-state index contributed by atoms with van der Waals surface area (Å²) in [6.45, 7) is 2.82. The van der Waals surface area contributed by atoms with Crippen LogP contribution in [0.4, 0.5) is 5.69 Å². The summed E-state index contributed by atoms with van der Waals surface area (Å²) < 4.78 is 5.90. The quantitative estimate of drug-likeness (QED) is 0.701. The van der Waals surface area contributed by atoms with Gasteiger partial charge in [0.2, 0.25) is 0 Å². The zero-order chi connectivity index (χ0) is 16.9. The number of nitrogen functional groups attached to an aromatic ring is 1. The van der Waals surface area contributed by atoms with E-state index in [0.29, 0.717) is 17.9 Å². The maximum atomic E-state index is 9.03. The highest BCUT2D eigenvalue weighted by Gasteiger charge is 2.11. The predicted molar refractivity (Wildman–Crippen MR) is 96.7 cm³/mol. The number of hydrogen-bond donors (Lipinski definition) is 1. The monoisotopic (exact) mass is 317 g/mol. The van der Waals surface area contributed by atoms with Gasteiger partial charge < -0.3 is 10.5 Å². The summed E-state index contributed by atoms with van der Waals surface area (Å²) in [5, 5.41) is 9.83. The summed E-state index contributed by atoms with van der Waals surface area (Å²) in [6.07, 6.45) is 2.10. The van der Waals surface area contributed by atoms with Gasteiger partial charge in [0.1, 0.15) is 5.75 Å². The maximum absolute atomic E-state index is 9.03. The van der Waals surface area contributed by atoms with Crippen LogP contribution in [0.1, 0.15) is 25.3 Å². The van der Waals surface area contributed by atoms with E-state index in [1.54, 1.807) is 12.1 Å². The number of rotatable bonds is 5. The highest BCUT2D eigenvalue weighted by atomic mass is 16.5. The molecule has 1 aromatic heterocycles. The number of benzene rings is 2. The van der Waals surface area contributed by atoms with Crippen LogP contribution in [0.2, 0.25) is 0 Å². The molecule has 2 aromatic carbocycles. The first-order valence-corrected chi connectivity index (χ1v) is 8.05. The molecule has 0 atom stereocenters. The van der Waals surface area contributed by atoms with Gasteiger partial charge in [-0.2, -0.15) is 5.26 Å². The first kappa shape index (κ1) is 15.8. The summed E-state index contributed by atoms with van der Waals surface area (Å²) in [7, 11) is 0. The van der Waals surface area contributed by atoms with E-state index in [1.165, 1.54) is 0 Å². The molecule has 0 aliphatic rings. The summed E-state index contributed by atoms with van der Waals surface area (Å²) in [4.78, 5) is 4.70. The van der Waals surface area contributed by atoms with Crippen LogP contribution in [-0.4, -0.2) is 11.6 Å². The fraction of sp³-hybridized carbons (Fsp3) is 0.200. The van der Waals surface area contributed by atoms with Crippen molar-refractivity contribution in [1.82, 2.24) is 4.98 Å². The lowest BCUT2D eigenvalue weighted by Gasteiger charge is -2.12. The standard InChI is InChI=1S/C20H19N3O/c1-2-3-10-24-20-7-5-4-6-15(20)19-12-17(22)16-11-14(13-21)8-9-18(16)23-19/h4-9,11-12H,2-3,10H2,1H3,(H2,22,23). The molecule has 3 aromatic rings. The molecule has 4 nitrogen and oxygen atoms in total. The van der Waals surface area contributed by atoms with Crippen molar-refractivity contribution in [3.05, 3.63) is 54.1 Å². The lowest BCUT2D eigenvalue weighted by atomic mass is 10.1. The van der Waals surface area contributed by atoms with E-state index in [0.717, 1.165) is 40.8 Å². The van der Waals surface area contributed by atoms with E-state index >= 15 is 0 Å². The average molecular weight is 317 g/mol. The van der Waals surface area contributed by atoms with Gasteiger partial charge >= 0.3 is 0 Å². The lowest BCUT2D eigenvalue weighted by Crippen LogP contribution is -1.99. The molecule has 0 saturated carbocycles. The normalized spacial score (nSPS) is 10.5. The third-order valence-electron chi connectivity index (χ3n) is 3.89. The third-order valence-corrected chi connectivity index (χ3v) is 3.89. The Kier molecular flexibility index (Phi) is 4.62. The minimum Gasteiger partial charge on any atom is -0.493 e. The lowest BCUT2D eigenvalue weighted by molar-refractivity contribution is 0.310. The zero-order valence-electron chi connectivity index (χ0n) is 13.6. The Morgan fingerprint density at radius 2 is 2.00 bits per heavy atom. The summed E-state index contributed by atoms with van der Waals surface area (Å²) in [5.74, 6) is 0.811. The SMILES string of the molecule is CCCCOc1ccccc1-c1cc(N)c2cc(C#N)ccc2n1. The van der Waals surface area contributed by atoms with Crippen LogP contribution in [-0.2, 0) is 0 Å². The zero-order valence-corrected chi connectivity index (χ0v) is 13.6. The second-order valence-electron chi connectivity index (χ2n) is 5.64. The topological polar surface area (TPSA) is 71.9 Å². The summed E-state index contributed by atoms with van der Waals surface area (Å²) in [6, 6.07) is 17.2. The Labute approximate surface area is 141 Å². The van der Waals surface area contributed by atoms with E-state index in [-0.39, 0.29) is 0 Å². The molecule has 0 spiro atoms. The molecule has 0 fully saturated rings. The van der Waals surface area contributed by atoms with Crippen molar-refractivity contribution < 1.29 is 4.74 Å². The van der Waals surface area contributed by atoms with E-state index < -0.39 is 0 Å². The van der Waals surface area contributed by atoms with Crippen LogP contribution in [0.25, 0.3) is 22.2 Å². The smallest absolute Gasteiger partial charge is 0.128 e. The van der Waals surface area contributed by atoms with Crippen LogP contribution in [0.5, 0.6) is 5.75 Å². The van der Waals surface area contributed by atoms with Gasteiger partial charge in [-0.25, -0.2) is 4.98 Å². The second kappa shape index (κ2) is 7.01. The van der Waals surface area contributed by atoms with Crippen molar-refractivity contribution in [2.45, 2.75) is 19.8 Å². The Bertz CT molecular complexity index is 912. The Morgan fingerprint density at radius 1 is 1.17 bits per heavy atom. The number of fused-ring (bicyclic) bond motifs is 1.